The van der Waals surface area contributed by atoms with Crippen LogP contribution in [0.2, 0.25) is 0 Å². The monoisotopic (exact) mass is 384 g/mol. The smallest absolute Gasteiger partial charge is 0.330 e. The summed E-state index contributed by atoms with van der Waals surface area (Å²) < 4.78 is 9.73. The number of hydrogen-bond acceptors (Lipinski definition) is 7. The molecule has 0 saturated carbocycles. The van der Waals surface area contributed by atoms with Gasteiger partial charge in [0, 0.05) is 12.2 Å². The summed E-state index contributed by atoms with van der Waals surface area (Å²) in [6.07, 6.45) is 4.22. The van der Waals surface area contributed by atoms with Crippen molar-refractivity contribution >= 4 is 24.1 Å². The van der Waals surface area contributed by atoms with Crippen LogP contribution in [0.25, 0.3) is 12.2 Å². The zero-order chi connectivity index (χ0) is 20.4. The van der Waals surface area contributed by atoms with Crippen molar-refractivity contribution in [1.82, 2.24) is 0 Å². The van der Waals surface area contributed by atoms with Gasteiger partial charge in [0.1, 0.15) is 30.8 Å². The lowest BCUT2D eigenvalue weighted by Crippen LogP contribution is -2.24. The second-order valence-corrected chi connectivity index (χ2v) is 5.76. The van der Waals surface area contributed by atoms with Crippen molar-refractivity contribution in [3.05, 3.63) is 71.8 Å². The van der Waals surface area contributed by atoms with Crippen LogP contribution >= 0.6 is 0 Å². The summed E-state index contributed by atoms with van der Waals surface area (Å²) in [6, 6.07) is 12.4. The van der Waals surface area contributed by atoms with Gasteiger partial charge < -0.3 is 24.8 Å². The van der Waals surface area contributed by atoms with Gasteiger partial charge in [-0.15, -0.1) is 0 Å². The fraction of sp³-hybridized carbons (Fsp3) is 0.143. The van der Waals surface area contributed by atoms with Gasteiger partial charge >= 0.3 is 11.9 Å². The second-order valence-electron chi connectivity index (χ2n) is 5.76. The van der Waals surface area contributed by atoms with Crippen LogP contribution in [0.1, 0.15) is 11.1 Å². The van der Waals surface area contributed by atoms with E-state index in [-0.39, 0.29) is 24.7 Å². The number of ether oxygens (including phenoxy) is 2. The third-order valence-electron chi connectivity index (χ3n) is 3.45. The van der Waals surface area contributed by atoms with Gasteiger partial charge in [-0.1, -0.05) is 24.3 Å². The van der Waals surface area contributed by atoms with E-state index < -0.39 is 18.0 Å². The van der Waals surface area contributed by atoms with Crippen LogP contribution in [0.5, 0.6) is 11.5 Å². The average Bonchev–Trinajstić information content (AvgIpc) is 2.69. The van der Waals surface area contributed by atoms with Gasteiger partial charge in [0.25, 0.3) is 0 Å². The fourth-order valence-corrected chi connectivity index (χ4v) is 2.00. The van der Waals surface area contributed by atoms with Crippen molar-refractivity contribution in [3.63, 3.8) is 0 Å². The van der Waals surface area contributed by atoms with E-state index in [9.17, 15) is 24.9 Å². The van der Waals surface area contributed by atoms with E-state index in [1.807, 2.05) is 0 Å². The first-order valence-electron chi connectivity index (χ1n) is 8.38. The Kier molecular flexibility index (Phi) is 7.80. The average molecular weight is 384 g/mol. The second kappa shape index (κ2) is 10.5. The number of phenolic OH excluding ortho intramolecular Hbond substituents is 2. The molecular weight excluding hydrogens is 364 g/mol. The molecule has 0 aliphatic heterocycles. The van der Waals surface area contributed by atoms with Gasteiger partial charge in [0.2, 0.25) is 0 Å². The highest BCUT2D eigenvalue weighted by Crippen LogP contribution is 2.11. The topological polar surface area (TPSA) is 113 Å². The molecule has 0 fully saturated rings. The summed E-state index contributed by atoms with van der Waals surface area (Å²) in [7, 11) is 0. The first kappa shape index (κ1) is 20.7. The lowest BCUT2D eigenvalue weighted by atomic mass is 10.2. The van der Waals surface area contributed by atoms with Crippen molar-refractivity contribution < 1.29 is 34.4 Å². The third kappa shape index (κ3) is 7.76. The summed E-state index contributed by atoms with van der Waals surface area (Å²) in [5.41, 5.74) is 1.40. The fourth-order valence-electron chi connectivity index (χ4n) is 2.00. The molecule has 28 heavy (non-hydrogen) atoms. The number of esters is 2. The van der Waals surface area contributed by atoms with Crippen LogP contribution in [0.4, 0.5) is 0 Å². The summed E-state index contributed by atoms with van der Waals surface area (Å²) in [4.78, 5) is 23.2. The number of phenols is 2. The van der Waals surface area contributed by atoms with Crippen molar-refractivity contribution in [3.8, 4) is 11.5 Å². The number of benzene rings is 2. The molecule has 0 saturated heterocycles. The SMILES string of the molecule is O=C(/C=C/c1ccc(O)cc1)OCC(O)COC(=O)/C=C/c1ccc(O)cc1. The number of carbonyl (C=O) groups is 2. The van der Waals surface area contributed by atoms with Crippen LogP contribution in [0.15, 0.2) is 60.7 Å². The normalized spacial score (nSPS) is 11.2. The van der Waals surface area contributed by atoms with E-state index >= 15 is 0 Å². The van der Waals surface area contributed by atoms with E-state index in [1.165, 1.54) is 48.6 Å². The van der Waals surface area contributed by atoms with Gasteiger partial charge in [-0.05, 0) is 47.5 Å². The van der Waals surface area contributed by atoms with Crippen molar-refractivity contribution in [2.75, 3.05) is 13.2 Å². The highest BCUT2D eigenvalue weighted by Gasteiger charge is 2.09. The molecule has 2 aromatic carbocycles. The Balaban J connectivity index is 1.67. The predicted octanol–water partition coefficient (Wildman–Crippen LogP) is 2.27. The van der Waals surface area contributed by atoms with Crippen LogP contribution in [0.3, 0.4) is 0 Å². The molecule has 0 atom stereocenters. The molecule has 7 heteroatoms. The highest BCUT2D eigenvalue weighted by molar-refractivity contribution is 5.87. The standard InChI is InChI=1S/C21H20O7/c22-17-7-1-15(2-8-17)5-11-20(25)27-13-19(24)14-28-21(26)12-6-16-3-9-18(23)10-4-16/h1-12,19,22-24H,13-14H2/b11-5+,12-6+. The van der Waals surface area contributed by atoms with E-state index in [0.717, 1.165) is 0 Å². The van der Waals surface area contributed by atoms with Crippen LogP contribution in [-0.4, -0.2) is 46.6 Å². The minimum Gasteiger partial charge on any atom is -0.508 e. The van der Waals surface area contributed by atoms with Gasteiger partial charge in [-0.25, -0.2) is 9.59 Å². The minimum atomic E-state index is -1.16. The number of carbonyl (C=O) groups excluding carboxylic acids is 2. The maximum atomic E-state index is 11.6. The molecule has 146 valence electrons. The Morgan fingerprint density at radius 3 is 1.46 bits per heavy atom. The first-order valence-corrected chi connectivity index (χ1v) is 8.38. The predicted molar refractivity (Wildman–Crippen MR) is 102 cm³/mol. The number of rotatable bonds is 8. The highest BCUT2D eigenvalue weighted by atomic mass is 16.6. The summed E-state index contributed by atoms with van der Waals surface area (Å²) in [6.45, 7) is -0.651. The van der Waals surface area contributed by atoms with Crippen LogP contribution in [-0.2, 0) is 19.1 Å². The molecular formula is C21H20O7. The van der Waals surface area contributed by atoms with Gasteiger partial charge in [0.05, 0.1) is 0 Å². The Morgan fingerprint density at radius 1 is 0.750 bits per heavy atom. The van der Waals surface area contributed by atoms with Crippen molar-refractivity contribution in [2.24, 2.45) is 0 Å². The lowest BCUT2D eigenvalue weighted by Gasteiger charge is -2.10. The van der Waals surface area contributed by atoms with E-state index in [1.54, 1.807) is 24.3 Å². The van der Waals surface area contributed by atoms with E-state index in [0.29, 0.717) is 11.1 Å². The molecule has 7 nitrogen and oxygen atoms in total. The summed E-state index contributed by atoms with van der Waals surface area (Å²) in [5.74, 6) is -1.08. The quantitative estimate of drug-likeness (QED) is 0.473. The molecule has 0 aliphatic carbocycles. The molecule has 0 aromatic heterocycles. The maximum absolute atomic E-state index is 11.6. The Bertz CT molecular complexity index is 765. The Labute approximate surface area is 161 Å². The number of aromatic hydroxyl groups is 2. The molecule has 0 aliphatic rings. The van der Waals surface area contributed by atoms with Crippen molar-refractivity contribution in [1.29, 1.82) is 0 Å². The number of aliphatic hydroxyl groups excluding tert-OH is 1. The van der Waals surface area contributed by atoms with Crippen LogP contribution < -0.4 is 0 Å². The first-order chi connectivity index (χ1) is 13.4. The molecule has 0 heterocycles. The lowest BCUT2D eigenvalue weighted by molar-refractivity contribution is -0.146. The summed E-state index contributed by atoms with van der Waals surface area (Å²) >= 11 is 0. The van der Waals surface area contributed by atoms with Crippen molar-refractivity contribution in [2.45, 2.75) is 6.10 Å². The molecule has 0 unspecified atom stereocenters. The van der Waals surface area contributed by atoms with Gasteiger partial charge in [-0.2, -0.15) is 0 Å². The molecule has 0 amide bonds. The number of aliphatic hydroxyl groups is 1. The van der Waals surface area contributed by atoms with Gasteiger partial charge in [0.15, 0.2) is 0 Å². The van der Waals surface area contributed by atoms with E-state index in [4.69, 9.17) is 9.47 Å². The Hall–Kier alpha value is -3.58. The molecule has 2 rings (SSSR count). The zero-order valence-electron chi connectivity index (χ0n) is 14.9. The largest absolute Gasteiger partial charge is 0.508 e. The molecule has 0 bridgehead atoms. The molecule has 0 radical (unpaired) electrons. The maximum Gasteiger partial charge on any atom is 0.330 e. The van der Waals surface area contributed by atoms with Gasteiger partial charge in [-0.3, -0.25) is 0 Å². The zero-order valence-corrected chi connectivity index (χ0v) is 14.9. The minimum absolute atomic E-state index is 0.121. The van der Waals surface area contributed by atoms with Crippen LogP contribution in [0, 0.1) is 0 Å². The van der Waals surface area contributed by atoms with E-state index in [2.05, 4.69) is 0 Å². The third-order valence-corrected chi connectivity index (χ3v) is 3.45. The molecule has 0 spiro atoms. The molecule has 2 aromatic rings. The molecule has 3 N–H and O–H groups in total. The Morgan fingerprint density at radius 2 is 1.11 bits per heavy atom. The number of hydrogen-bond donors (Lipinski definition) is 3. The summed E-state index contributed by atoms with van der Waals surface area (Å²) in [5, 5.41) is 28.1.